The minimum absolute atomic E-state index is 0.0543. The zero-order chi connectivity index (χ0) is 16.9. The van der Waals surface area contributed by atoms with E-state index in [2.05, 4.69) is 19.7 Å². The van der Waals surface area contributed by atoms with Crippen molar-refractivity contribution in [3.8, 4) is 0 Å². The van der Waals surface area contributed by atoms with Crippen LogP contribution in [-0.4, -0.2) is 36.3 Å². The minimum Gasteiger partial charge on any atom is -0.343 e. The molecule has 1 aliphatic heterocycles. The first kappa shape index (κ1) is 14.6. The Balaban J connectivity index is 1.68. The second-order valence-electron chi connectivity index (χ2n) is 5.52. The molecule has 3 aromatic rings. The third kappa shape index (κ3) is 2.29. The second kappa shape index (κ2) is 5.03. The number of carbonyl (C=O) groups excluding carboxylic acids is 1. The Morgan fingerprint density at radius 2 is 2.08 bits per heavy atom. The zero-order valence-corrected chi connectivity index (χ0v) is 13.5. The highest BCUT2D eigenvalue weighted by Crippen LogP contribution is 2.30. The van der Waals surface area contributed by atoms with Crippen LogP contribution in [0.25, 0.3) is 11.2 Å². The molecule has 0 aliphatic carbocycles. The molecule has 3 heterocycles. The molecule has 0 radical (unpaired) electrons. The van der Waals surface area contributed by atoms with Gasteiger partial charge in [-0.25, -0.2) is 18.4 Å². The van der Waals surface area contributed by atoms with Crippen LogP contribution in [0.15, 0.2) is 41.7 Å². The molecule has 1 aromatic carbocycles. The summed E-state index contributed by atoms with van der Waals surface area (Å²) in [5, 5.41) is 0. The maximum atomic E-state index is 12.6. The Labute approximate surface area is 137 Å². The van der Waals surface area contributed by atoms with Gasteiger partial charge in [0, 0.05) is 12.7 Å². The molecule has 24 heavy (non-hydrogen) atoms. The summed E-state index contributed by atoms with van der Waals surface area (Å²) in [6.45, 7) is 0. The van der Waals surface area contributed by atoms with Gasteiger partial charge in [-0.3, -0.25) is 9.52 Å². The Bertz CT molecular complexity index is 1070. The van der Waals surface area contributed by atoms with Gasteiger partial charge < -0.3 is 9.88 Å². The summed E-state index contributed by atoms with van der Waals surface area (Å²) in [6.07, 6.45) is 3.10. The summed E-state index contributed by atoms with van der Waals surface area (Å²) < 4.78 is 27.6. The van der Waals surface area contributed by atoms with Crippen molar-refractivity contribution in [1.82, 2.24) is 15.0 Å². The van der Waals surface area contributed by atoms with Crippen molar-refractivity contribution in [3.63, 3.8) is 0 Å². The van der Waals surface area contributed by atoms with Crippen molar-refractivity contribution in [2.75, 3.05) is 16.7 Å². The minimum atomic E-state index is -3.78. The predicted molar refractivity (Wildman–Crippen MR) is 88.3 cm³/mol. The monoisotopic (exact) mass is 343 g/mol. The van der Waals surface area contributed by atoms with Gasteiger partial charge >= 0.3 is 0 Å². The number of pyridine rings is 1. The highest BCUT2D eigenvalue weighted by molar-refractivity contribution is 7.92. The topological polar surface area (TPSA) is 108 Å². The smallest absolute Gasteiger partial charge is 0.261 e. The van der Waals surface area contributed by atoms with E-state index in [-0.39, 0.29) is 17.2 Å². The van der Waals surface area contributed by atoms with E-state index in [0.717, 1.165) is 5.69 Å². The summed E-state index contributed by atoms with van der Waals surface area (Å²) in [5.41, 5.74) is 2.92. The number of H-pyrrole nitrogens is 1. The number of aromatic nitrogens is 3. The number of rotatable bonds is 3. The van der Waals surface area contributed by atoms with Gasteiger partial charge in [0.25, 0.3) is 10.0 Å². The van der Waals surface area contributed by atoms with E-state index in [0.29, 0.717) is 22.4 Å². The number of aromatic amines is 1. The van der Waals surface area contributed by atoms with Crippen LogP contribution in [0.5, 0.6) is 0 Å². The van der Waals surface area contributed by atoms with Gasteiger partial charge in [0.1, 0.15) is 0 Å². The van der Waals surface area contributed by atoms with Crippen molar-refractivity contribution in [1.29, 1.82) is 0 Å². The lowest BCUT2D eigenvalue weighted by molar-refractivity contribution is -0.117. The van der Waals surface area contributed by atoms with E-state index in [9.17, 15) is 13.2 Å². The lowest BCUT2D eigenvalue weighted by Crippen LogP contribution is -2.20. The van der Waals surface area contributed by atoms with Crippen molar-refractivity contribution < 1.29 is 13.2 Å². The van der Waals surface area contributed by atoms with Crippen LogP contribution in [0.1, 0.15) is 5.56 Å². The first-order valence-corrected chi connectivity index (χ1v) is 8.64. The number of nitrogens with zero attached hydrogens (tertiary/aromatic N) is 3. The Morgan fingerprint density at radius 1 is 1.25 bits per heavy atom. The number of carbonyl (C=O) groups is 1. The molecule has 2 N–H and O–H groups in total. The van der Waals surface area contributed by atoms with Crippen molar-refractivity contribution in [2.45, 2.75) is 11.3 Å². The number of anilines is 2. The molecule has 0 bridgehead atoms. The maximum Gasteiger partial charge on any atom is 0.261 e. The number of fused-ring (bicyclic) bond motifs is 2. The molecule has 8 nitrogen and oxygen atoms in total. The quantitative estimate of drug-likeness (QED) is 0.745. The lowest BCUT2D eigenvalue weighted by atomic mass is 10.2. The van der Waals surface area contributed by atoms with E-state index in [1.807, 2.05) is 0 Å². The van der Waals surface area contributed by atoms with Gasteiger partial charge in [0.05, 0.1) is 35.0 Å². The van der Waals surface area contributed by atoms with Crippen LogP contribution in [0.3, 0.4) is 0 Å². The molecule has 1 amide bonds. The van der Waals surface area contributed by atoms with Crippen LogP contribution in [0.2, 0.25) is 0 Å². The molecule has 2 aromatic heterocycles. The van der Waals surface area contributed by atoms with Crippen molar-refractivity contribution >= 4 is 38.5 Å². The fourth-order valence-electron chi connectivity index (χ4n) is 2.71. The number of sulfonamides is 1. The summed E-state index contributed by atoms with van der Waals surface area (Å²) >= 11 is 0. The average molecular weight is 343 g/mol. The third-order valence-corrected chi connectivity index (χ3v) is 5.34. The molecule has 0 atom stereocenters. The molecular formula is C15H13N5O3S. The van der Waals surface area contributed by atoms with Gasteiger partial charge in [-0.15, -0.1) is 0 Å². The molecule has 0 spiro atoms. The zero-order valence-electron chi connectivity index (χ0n) is 12.6. The van der Waals surface area contributed by atoms with E-state index in [1.165, 1.54) is 29.6 Å². The van der Waals surface area contributed by atoms with Crippen LogP contribution < -0.4 is 9.62 Å². The summed E-state index contributed by atoms with van der Waals surface area (Å²) in [5.74, 6) is -0.0543. The number of hydrogen-bond acceptors (Lipinski definition) is 5. The number of hydrogen-bond donors (Lipinski definition) is 2. The first-order chi connectivity index (χ1) is 11.4. The van der Waals surface area contributed by atoms with E-state index in [1.54, 1.807) is 19.2 Å². The molecule has 4 rings (SSSR count). The van der Waals surface area contributed by atoms with Gasteiger partial charge in [0.2, 0.25) is 5.91 Å². The number of nitrogens with one attached hydrogen (secondary N) is 2. The van der Waals surface area contributed by atoms with Crippen molar-refractivity contribution in [3.05, 3.63) is 42.4 Å². The van der Waals surface area contributed by atoms with Crippen LogP contribution in [0, 0.1) is 0 Å². The summed E-state index contributed by atoms with van der Waals surface area (Å²) in [7, 11) is -2.10. The Kier molecular flexibility index (Phi) is 3.07. The lowest BCUT2D eigenvalue weighted by Gasteiger charge is -2.11. The molecule has 9 heteroatoms. The molecule has 0 fully saturated rings. The molecule has 122 valence electrons. The summed E-state index contributed by atoms with van der Waals surface area (Å²) in [4.78, 5) is 24.3. The van der Waals surface area contributed by atoms with Crippen LogP contribution in [0.4, 0.5) is 11.4 Å². The van der Waals surface area contributed by atoms with E-state index in [4.69, 9.17) is 0 Å². The van der Waals surface area contributed by atoms with Crippen LogP contribution in [-0.2, 0) is 21.2 Å². The van der Waals surface area contributed by atoms with Crippen molar-refractivity contribution in [2.24, 2.45) is 0 Å². The van der Waals surface area contributed by atoms with Gasteiger partial charge in [0.15, 0.2) is 5.65 Å². The SMILES string of the molecule is CN1C(=O)Cc2cc(S(=O)(=O)Nc3cnc4nc[nH]c4c3)ccc21. The fourth-order valence-corrected chi connectivity index (χ4v) is 3.80. The predicted octanol–water partition coefficient (Wildman–Crippen LogP) is 1.28. The maximum absolute atomic E-state index is 12.6. The molecule has 1 aliphatic rings. The second-order valence-corrected chi connectivity index (χ2v) is 7.21. The third-order valence-electron chi connectivity index (χ3n) is 3.96. The average Bonchev–Trinajstić information content (AvgIpc) is 3.11. The Hall–Kier alpha value is -2.94. The number of benzene rings is 1. The Morgan fingerprint density at radius 3 is 2.92 bits per heavy atom. The van der Waals surface area contributed by atoms with Gasteiger partial charge in [-0.2, -0.15) is 0 Å². The van der Waals surface area contributed by atoms with Gasteiger partial charge in [-0.1, -0.05) is 0 Å². The van der Waals surface area contributed by atoms with E-state index < -0.39 is 10.0 Å². The highest BCUT2D eigenvalue weighted by atomic mass is 32.2. The normalized spacial score (nSPS) is 14.2. The number of amides is 1. The fraction of sp³-hybridized carbons (Fsp3) is 0.133. The van der Waals surface area contributed by atoms with Gasteiger partial charge in [-0.05, 0) is 29.8 Å². The van der Waals surface area contributed by atoms with Crippen LogP contribution >= 0.6 is 0 Å². The first-order valence-electron chi connectivity index (χ1n) is 7.15. The largest absolute Gasteiger partial charge is 0.343 e. The number of likely N-dealkylation sites (N-methyl/N-ethyl adjacent to an activating group) is 1. The molecule has 0 saturated heterocycles. The highest BCUT2D eigenvalue weighted by Gasteiger charge is 2.26. The molecule has 0 unspecified atom stereocenters. The molecule has 0 saturated carbocycles. The summed E-state index contributed by atoms with van der Waals surface area (Å²) in [6, 6.07) is 6.28. The number of imidazole rings is 1. The standard InChI is InChI=1S/C15H13N5O3S/c1-20-13-3-2-11(4-9(13)5-14(20)21)24(22,23)19-10-6-12-15(16-7-10)18-8-17-12/h2-4,6-8,19H,5H2,1H3,(H,16,17,18). The molecular weight excluding hydrogens is 330 g/mol. The van der Waals surface area contributed by atoms with E-state index >= 15 is 0 Å².